The minimum Gasteiger partial charge on any atom is -0.497 e. The Morgan fingerprint density at radius 3 is 2.48 bits per heavy atom. The molecule has 1 aromatic rings. The minimum atomic E-state index is 0.131. The molecule has 1 amide bonds. The van der Waals surface area contributed by atoms with Gasteiger partial charge in [-0.2, -0.15) is 0 Å². The lowest BCUT2D eigenvalue weighted by molar-refractivity contribution is -0.127. The summed E-state index contributed by atoms with van der Waals surface area (Å²) in [6.45, 7) is 4.92. The van der Waals surface area contributed by atoms with Gasteiger partial charge >= 0.3 is 0 Å². The molecule has 0 saturated heterocycles. The molecule has 0 aromatic heterocycles. The number of ether oxygens (including phenoxy) is 1. The van der Waals surface area contributed by atoms with E-state index >= 15 is 0 Å². The number of carbonyl (C=O) groups excluding carboxylic acids is 1. The molecule has 0 bridgehead atoms. The van der Waals surface area contributed by atoms with Crippen molar-refractivity contribution in [2.24, 2.45) is 11.7 Å². The van der Waals surface area contributed by atoms with E-state index in [-0.39, 0.29) is 11.9 Å². The van der Waals surface area contributed by atoms with Crippen LogP contribution in [0.4, 0.5) is 0 Å². The smallest absolute Gasteiger partial charge is 0.232 e. The van der Waals surface area contributed by atoms with Crippen molar-refractivity contribution in [2.75, 3.05) is 26.5 Å². The fourth-order valence-electron chi connectivity index (χ4n) is 1.73. The minimum absolute atomic E-state index is 0.131. The van der Waals surface area contributed by atoms with E-state index in [2.05, 4.69) is 13.8 Å². The van der Waals surface area contributed by atoms with Crippen molar-refractivity contribution >= 4 is 17.7 Å². The van der Waals surface area contributed by atoms with Crippen LogP contribution in [-0.4, -0.2) is 43.3 Å². The molecule has 2 N–H and O–H groups in total. The van der Waals surface area contributed by atoms with Gasteiger partial charge in [-0.25, -0.2) is 0 Å². The van der Waals surface area contributed by atoms with E-state index in [9.17, 15) is 4.79 Å². The van der Waals surface area contributed by atoms with Crippen LogP contribution in [0.1, 0.15) is 20.3 Å². The number of benzene rings is 1. The first-order valence-electron chi connectivity index (χ1n) is 7.20. The molecule has 1 rings (SSSR count). The second kappa shape index (κ2) is 8.95. The molecule has 1 unspecified atom stereocenters. The van der Waals surface area contributed by atoms with Crippen LogP contribution in [0, 0.1) is 5.92 Å². The highest BCUT2D eigenvalue weighted by Crippen LogP contribution is 2.21. The lowest BCUT2D eigenvalue weighted by atomic mass is 10.0. The van der Waals surface area contributed by atoms with Gasteiger partial charge in [-0.05, 0) is 36.6 Å². The van der Waals surface area contributed by atoms with Crippen molar-refractivity contribution in [3.63, 3.8) is 0 Å². The summed E-state index contributed by atoms with van der Waals surface area (Å²) < 4.78 is 5.11. The maximum Gasteiger partial charge on any atom is 0.232 e. The molecule has 0 radical (unpaired) electrons. The zero-order valence-corrected chi connectivity index (χ0v) is 14.2. The lowest BCUT2D eigenvalue weighted by Crippen LogP contribution is -2.35. The zero-order valence-electron chi connectivity index (χ0n) is 13.3. The van der Waals surface area contributed by atoms with E-state index in [4.69, 9.17) is 10.5 Å². The van der Waals surface area contributed by atoms with Gasteiger partial charge in [0.2, 0.25) is 5.91 Å². The van der Waals surface area contributed by atoms with E-state index in [0.29, 0.717) is 18.2 Å². The van der Waals surface area contributed by atoms with Gasteiger partial charge in [0.05, 0.1) is 12.9 Å². The monoisotopic (exact) mass is 310 g/mol. The van der Waals surface area contributed by atoms with Gasteiger partial charge in [-0.15, -0.1) is 11.8 Å². The summed E-state index contributed by atoms with van der Waals surface area (Å²) >= 11 is 1.54. The van der Waals surface area contributed by atoms with Crippen molar-refractivity contribution in [2.45, 2.75) is 31.2 Å². The van der Waals surface area contributed by atoms with Crippen LogP contribution in [0.3, 0.4) is 0 Å². The molecule has 0 spiro atoms. The topological polar surface area (TPSA) is 55.6 Å². The molecule has 21 heavy (non-hydrogen) atoms. The highest BCUT2D eigenvalue weighted by atomic mass is 32.2. The number of thioether (sulfide) groups is 1. The van der Waals surface area contributed by atoms with Crippen molar-refractivity contribution in [1.82, 2.24) is 4.90 Å². The molecule has 118 valence electrons. The summed E-state index contributed by atoms with van der Waals surface area (Å²) in [5, 5.41) is 0. The fourth-order valence-corrected chi connectivity index (χ4v) is 2.57. The second-order valence-corrected chi connectivity index (χ2v) is 6.52. The number of amides is 1. The fraction of sp³-hybridized carbons (Fsp3) is 0.562. The number of rotatable bonds is 8. The third-order valence-electron chi connectivity index (χ3n) is 3.50. The highest BCUT2D eigenvalue weighted by Gasteiger charge is 2.13. The first-order valence-corrected chi connectivity index (χ1v) is 8.19. The Morgan fingerprint density at radius 1 is 1.33 bits per heavy atom. The second-order valence-electron chi connectivity index (χ2n) is 5.48. The van der Waals surface area contributed by atoms with Crippen LogP contribution in [0.5, 0.6) is 5.75 Å². The van der Waals surface area contributed by atoms with Gasteiger partial charge in [0.1, 0.15) is 5.75 Å². The molecule has 0 saturated carbocycles. The SMILES string of the molecule is COc1ccc(SCC(=O)N(C)CCC(N)C(C)C)cc1. The Kier molecular flexibility index (Phi) is 7.61. The quantitative estimate of drug-likeness (QED) is 0.750. The molecular weight excluding hydrogens is 284 g/mol. The predicted molar refractivity (Wildman–Crippen MR) is 88.8 cm³/mol. The van der Waals surface area contributed by atoms with E-state index in [1.165, 1.54) is 11.8 Å². The van der Waals surface area contributed by atoms with Gasteiger partial charge in [-0.3, -0.25) is 4.79 Å². The molecule has 0 aliphatic rings. The maximum absolute atomic E-state index is 12.1. The maximum atomic E-state index is 12.1. The van der Waals surface area contributed by atoms with Crippen LogP contribution in [0.25, 0.3) is 0 Å². The van der Waals surface area contributed by atoms with Gasteiger partial charge in [0.25, 0.3) is 0 Å². The number of methoxy groups -OCH3 is 1. The zero-order chi connectivity index (χ0) is 15.8. The van der Waals surface area contributed by atoms with Crippen LogP contribution in [0.2, 0.25) is 0 Å². The Balaban J connectivity index is 2.34. The largest absolute Gasteiger partial charge is 0.497 e. The van der Waals surface area contributed by atoms with Crippen molar-refractivity contribution in [3.05, 3.63) is 24.3 Å². The molecule has 5 heteroatoms. The highest BCUT2D eigenvalue weighted by molar-refractivity contribution is 8.00. The molecule has 0 aliphatic heterocycles. The number of hydrogen-bond acceptors (Lipinski definition) is 4. The number of hydrogen-bond donors (Lipinski definition) is 1. The molecule has 4 nitrogen and oxygen atoms in total. The van der Waals surface area contributed by atoms with Crippen molar-refractivity contribution < 1.29 is 9.53 Å². The Morgan fingerprint density at radius 2 is 1.95 bits per heavy atom. The van der Waals surface area contributed by atoms with Crippen LogP contribution < -0.4 is 10.5 Å². The summed E-state index contributed by atoms with van der Waals surface area (Å²) in [6.07, 6.45) is 0.840. The first-order chi connectivity index (χ1) is 9.93. The van der Waals surface area contributed by atoms with E-state index < -0.39 is 0 Å². The Labute approximate surface area is 132 Å². The number of carbonyl (C=O) groups is 1. The van der Waals surface area contributed by atoms with E-state index in [1.807, 2.05) is 31.3 Å². The predicted octanol–water partition coefficient (Wildman–Crippen LogP) is 2.62. The standard InChI is InChI=1S/C16H26N2O2S/c1-12(2)15(17)9-10-18(3)16(19)11-21-14-7-5-13(20-4)6-8-14/h5-8,12,15H,9-11,17H2,1-4H3. The van der Waals surface area contributed by atoms with Gasteiger partial charge in [-0.1, -0.05) is 13.8 Å². The molecule has 0 aliphatic carbocycles. The Hall–Kier alpha value is -1.20. The van der Waals surface area contributed by atoms with Gasteiger partial charge in [0.15, 0.2) is 0 Å². The van der Waals surface area contributed by atoms with Gasteiger partial charge in [0, 0.05) is 24.5 Å². The number of nitrogens with zero attached hydrogens (tertiary/aromatic N) is 1. The average molecular weight is 310 g/mol. The third kappa shape index (κ3) is 6.40. The summed E-state index contributed by atoms with van der Waals surface area (Å²) in [4.78, 5) is 14.9. The molecule has 1 atom stereocenters. The summed E-state index contributed by atoms with van der Waals surface area (Å²) in [7, 11) is 3.48. The summed E-state index contributed by atoms with van der Waals surface area (Å²) in [5.41, 5.74) is 6.00. The summed E-state index contributed by atoms with van der Waals surface area (Å²) in [6, 6.07) is 7.88. The van der Waals surface area contributed by atoms with E-state index in [0.717, 1.165) is 17.1 Å². The third-order valence-corrected chi connectivity index (χ3v) is 4.50. The Bertz CT molecular complexity index is 434. The summed E-state index contributed by atoms with van der Waals surface area (Å²) in [5.74, 6) is 1.85. The molecule has 0 fully saturated rings. The van der Waals surface area contributed by atoms with Crippen molar-refractivity contribution in [1.29, 1.82) is 0 Å². The molecule has 0 heterocycles. The van der Waals surface area contributed by atoms with Crippen LogP contribution >= 0.6 is 11.8 Å². The van der Waals surface area contributed by atoms with Gasteiger partial charge < -0.3 is 15.4 Å². The lowest BCUT2D eigenvalue weighted by Gasteiger charge is -2.21. The molecular formula is C16H26N2O2S. The number of nitrogens with two attached hydrogens (primary N) is 1. The van der Waals surface area contributed by atoms with E-state index in [1.54, 1.807) is 12.0 Å². The first kappa shape index (κ1) is 17.9. The van der Waals surface area contributed by atoms with Crippen LogP contribution in [-0.2, 0) is 4.79 Å². The molecule has 1 aromatic carbocycles. The van der Waals surface area contributed by atoms with Crippen LogP contribution in [0.15, 0.2) is 29.2 Å². The average Bonchev–Trinajstić information content (AvgIpc) is 2.50. The van der Waals surface area contributed by atoms with Crippen molar-refractivity contribution in [3.8, 4) is 5.75 Å². The normalized spacial score (nSPS) is 12.3.